The number of carbonyl (C=O) groups excluding carboxylic acids is 1. The summed E-state index contributed by atoms with van der Waals surface area (Å²) in [4.78, 5) is 17.0. The van der Waals surface area contributed by atoms with Gasteiger partial charge < -0.3 is 14.9 Å². The molecule has 0 spiro atoms. The van der Waals surface area contributed by atoms with Gasteiger partial charge in [-0.3, -0.25) is 4.79 Å². The summed E-state index contributed by atoms with van der Waals surface area (Å²) in [6.45, 7) is 0. The molecule has 0 bridgehead atoms. The molecular weight excluding hydrogens is 302 g/mol. The standard InChI is InChI=1S/C15H13N3O3S/c19-11-5-2-1-4-10(11)16-13(20)7-8-14-17-15(18-21-14)12-6-3-9-22-12/h1-6,9,19H,7-8H2,(H,16,20). The number of para-hydroxylation sites is 2. The monoisotopic (exact) mass is 315 g/mol. The Hall–Kier alpha value is -2.67. The van der Waals surface area contributed by atoms with Crippen LogP contribution in [0, 0.1) is 0 Å². The van der Waals surface area contributed by atoms with Gasteiger partial charge in [0.05, 0.1) is 10.6 Å². The maximum Gasteiger partial charge on any atom is 0.227 e. The maximum atomic E-state index is 11.9. The Labute approximate surface area is 130 Å². The van der Waals surface area contributed by atoms with Crippen molar-refractivity contribution >= 4 is 22.9 Å². The molecule has 0 radical (unpaired) electrons. The predicted octanol–water partition coefficient (Wildman–Crippen LogP) is 3.08. The molecule has 6 nitrogen and oxygen atoms in total. The van der Waals surface area contributed by atoms with E-state index in [4.69, 9.17) is 4.52 Å². The molecule has 0 aliphatic rings. The lowest BCUT2D eigenvalue weighted by Gasteiger charge is -2.05. The van der Waals surface area contributed by atoms with Crippen LogP contribution in [0.1, 0.15) is 12.3 Å². The fourth-order valence-corrected chi connectivity index (χ4v) is 2.52. The van der Waals surface area contributed by atoms with Crippen molar-refractivity contribution < 1.29 is 14.4 Å². The first kappa shape index (κ1) is 14.3. The minimum Gasteiger partial charge on any atom is -0.506 e. The molecule has 2 N–H and O–H groups in total. The number of aryl methyl sites for hydroxylation is 1. The van der Waals surface area contributed by atoms with Crippen molar-refractivity contribution in [2.24, 2.45) is 0 Å². The summed E-state index contributed by atoms with van der Waals surface area (Å²) in [5, 5.41) is 18.1. The van der Waals surface area contributed by atoms with Crippen molar-refractivity contribution in [3.8, 4) is 16.5 Å². The summed E-state index contributed by atoms with van der Waals surface area (Å²) >= 11 is 1.53. The number of hydrogen-bond acceptors (Lipinski definition) is 6. The molecular formula is C15H13N3O3S. The summed E-state index contributed by atoms with van der Waals surface area (Å²) in [5.41, 5.74) is 0.386. The molecule has 0 saturated heterocycles. The van der Waals surface area contributed by atoms with E-state index in [1.165, 1.54) is 17.4 Å². The minimum absolute atomic E-state index is 0.0358. The van der Waals surface area contributed by atoms with Gasteiger partial charge in [0.1, 0.15) is 5.75 Å². The number of thiophene rings is 1. The molecule has 0 aliphatic carbocycles. The Bertz CT molecular complexity index is 768. The molecule has 3 rings (SSSR count). The number of rotatable bonds is 5. The first-order chi connectivity index (χ1) is 10.7. The Morgan fingerprint density at radius 2 is 2.14 bits per heavy atom. The highest BCUT2D eigenvalue weighted by Crippen LogP contribution is 2.23. The SMILES string of the molecule is O=C(CCc1nc(-c2cccs2)no1)Nc1ccccc1O. The molecule has 2 heterocycles. The minimum atomic E-state index is -0.225. The predicted molar refractivity (Wildman–Crippen MR) is 82.7 cm³/mol. The van der Waals surface area contributed by atoms with Crippen LogP contribution in [0.25, 0.3) is 10.7 Å². The van der Waals surface area contributed by atoms with Crippen LogP contribution in [0.5, 0.6) is 5.75 Å². The summed E-state index contributed by atoms with van der Waals surface area (Å²) < 4.78 is 5.13. The molecule has 2 aromatic heterocycles. The zero-order valence-corrected chi connectivity index (χ0v) is 12.3. The van der Waals surface area contributed by atoms with Crippen LogP contribution >= 0.6 is 11.3 Å². The number of amides is 1. The number of aromatic nitrogens is 2. The second kappa shape index (κ2) is 6.40. The zero-order chi connectivity index (χ0) is 15.4. The van der Waals surface area contributed by atoms with Gasteiger partial charge in [0.2, 0.25) is 17.6 Å². The highest BCUT2D eigenvalue weighted by molar-refractivity contribution is 7.13. The van der Waals surface area contributed by atoms with Crippen molar-refractivity contribution in [3.63, 3.8) is 0 Å². The van der Waals surface area contributed by atoms with Crippen LogP contribution in [-0.4, -0.2) is 21.2 Å². The number of hydrogen-bond donors (Lipinski definition) is 2. The van der Waals surface area contributed by atoms with Crippen LogP contribution in [0.4, 0.5) is 5.69 Å². The van der Waals surface area contributed by atoms with Gasteiger partial charge in [0, 0.05) is 12.8 Å². The first-order valence-electron chi connectivity index (χ1n) is 6.66. The van der Waals surface area contributed by atoms with Gasteiger partial charge in [-0.05, 0) is 23.6 Å². The molecule has 112 valence electrons. The van der Waals surface area contributed by atoms with E-state index in [1.807, 2.05) is 17.5 Å². The van der Waals surface area contributed by atoms with Crippen LogP contribution in [0.3, 0.4) is 0 Å². The molecule has 3 aromatic rings. The largest absolute Gasteiger partial charge is 0.506 e. The van der Waals surface area contributed by atoms with E-state index in [1.54, 1.807) is 18.2 Å². The van der Waals surface area contributed by atoms with Crippen LogP contribution in [0.2, 0.25) is 0 Å². The summed E-state index contributed by atoms with van der Waals surface area (Å²) in [6.07, 6.45) is 0.540. The van der Waals surface area contributed by atoms with E-state index in [0.717, 1.165) is 4.88 Å². The third kappa shape index (κ3) is 3.32. The van der Waals surface area contributed by atoms with Gasteiger partial charge in [0.25, 0.3) is 0 Å². The lowest BCUT2D eigenvalue weighted by molar-refractivity contribution is -0.116. The van der Waals surface area contributed by atoms with Gasteiger partial charge in [-0.25, -0.2) is 0 Å². The molecule has 0 atom stereocenters. The van der Waals surface area contributed by atoms with Crippen molar-refractivity contribution in [2.45, 2.75) is 12.8 Å². The van der Waals surface area contributed by atoms with Gasteiger partial charge in [-0.2, -0.15) is 4.98 Å². The molecule has 1 amide bonds. The number of phenolic OH excluding ortho intramolecular Hbond substituents is 1. The lowest BCUT2D eigenvalue weighted by Crippen LogP contribution is -2.12. The number of nitrogens with one attached hydrogen (secondary N) is 1. The fourth-order valence-electron chi connectivity index (χ4n) is 1.87. The summed E-state index contributed by atoms with van der Waals surface area (Å²) in [7, 11) is 0. The smallest absolute Gasteiger partial charge is 0.227 e. The van der Waals surface area contributed by atoms with Gasteiger partial charge in [-0.15, -0.1) is 11.3 Å². The molecule has 7 heteroatoms. The van der Waals surface area contributed by atoms with Crippen LogP contribution < -0.4 is 5.32 Å². The molecule has 0 saturated carbocycles. The van der Waals surface area contributed by atoms with Crippen molar-refractivity contribution in [1.82, 2.24) is 10.1 Å². The second-order valence-corrected chi connectivity index (χ2v) is 5.50. The van der Waals surface area contributed by atoms with E-state index in [-0.39, 0.29) is 18.1 Å². The number of aromatic hydroxyl groups is 1. The maximum absolute atomic E-state index is 11.9. The van der Waals surface area contributed by atoms with Crippen molar-refractivity contribution in [2.75, 3.05) is 5.32 Å². The molecule has 0 unspecified atom stereocenters. The Morgan fingerprint density at radius 1 is 1.27 bits per heavy atom. The average molecular weight is 315 g/mol. The van der Waals surface area contributed by atoms with E-state index >= 15 is 0 Å². The summed E-state index contributed by atoms with van der Waals surface area (Å²) in [5.74, 6) is 0.757. The number of benzene rings is 1. The van der Waals surface area contributed by atoms with Gasteiger partial charge in [-0.1, -0.05) is 23.4 Å². The number of nitrogens with zero attached hydrogens (tertiary/aromatic N) is 2. The number of anilines is 1. The molecule has 0 fully saturated rings. The highest BCUT2D eigenvalue weighted by atomic mass is 32.1. The fraction of sp³-hybridized carbons (Fsp3) is 0.133. The van der Waals surface area contributed by atoms with Crippen LogP contribution in [0.15, 0.2) is 46.3 Å². The molecule has 0 aliphatic heterocycles. The van der Waals surface area contributed by atoms with Gasteiger partial charge >= 0.3 is 0 Å². The third-order valence-corrected chi connectivity index (χ3v) is 3.82. The van der Waals surface area contributed by atoms with E-state index < -0.39 is 0 Å². The average Bonchev–Trinajstić information content (AvgIpc) is 3.18. The van der Waals surface area contributed by atoms with E-state index in [9.17, 15) is 9.90 Å². The number of carbonyl (C=O) groups is 1. The summed E-state index contributed by atoms with van der Waals surface area (Å²) in [6, 6.07) is 10.4. The van der Waals surface area contributed by atoms with Crippen molar-refractivity contribution in [1.29, 1.82) is 0 Å². The topological polar surface area (TPSA) is 88.2 Å². The quantitative estimate of drug-likeness (QED) is 0.706. The normalized spacial score (nSPS) is 10.5. The highest BCUT2D eigenvalue weighted by Gasteiger charge is 2.12. The molecule has 1 aromatic carbocycles. The lowest BCUT2D eigenvalue weighted by atomic mass is 10.2. The van der Waals surface area contributed by atoms with Gasteiger partial charge in [0.15, 0.2) is 0 Å². The third-order valence-electron chi connectivity index (χ3n) is 2.95. The van der Waals surface area contributed by atoms with Crippen molar-refractivity contribution in [3.05, 3.63) is 47.7 Å². The van der Waals surface area contributed by atoms with E-state index in [2.05, 4.69) is 15.5 Å². The number of phenols is 1. The molecule has 22 heavy (non-hydrogen) atoms. The Morgan fingerprint density at radius 3 is 2.91 bits per heavy atom. The second-order valence-electron chi connectivity index (χ2n) is 4.55. The zero-order valence-electron chi connectivity index (χ0n) is 11.5. The Kier molecular flexibility index (Phi) is 4.15. The van der Waals surface area contributed by atoms with E-state index in [0.29, 0.717) is 23.8 Å². The first-order valence-corrected chi connectivity index (χ1v) is 7.54. The Balaban J connectivity index is 1.56. The van der Waals surface area contributed by atoms with Crippen LogP contribution in [-0.2, 0) is 11.2 Å².